The first kappa shape index (κ1) is 21.0. The van der Waals surface area contributed by atoms with E-state index < -0.39 is 11.3 Å². The van der Waals surface area contributed by atoms with E-state index in [2.05, 4.69) is 0 Å². The van der Waals surface area contributed by atoms with Gasteiger partial charge < -0.3 is 10.6 Å². The molecule has 1 aliphatic rings. The second-order valence-electron chi connectivity index (χ2n) is 7.98. The van der Waals surface area contributed by atoms with Gasteiger partial charge >= 0.3 is 0 Å². The minimum absolute atomic E-state index is 0.0237. The van der Waals surface area contributed by atoms with Crippen LogP contribution >= 0.6 is 0 Å². The third-order valence-corrected chi connectivity index (χ3v) is 6.23. The van der Waals surface area contributed by atoms with Gasteiger partial charge in [0.15, 0.2) is 0 Å². The van der Waals surface area contributed by atoms with Crippen molar-refractivity contribution < 1.29 is 14.0 Å². The zero-order chi connectivity index (χ0) is 21.0. The molecule has 0 bridgehead atoms. The zero-order valence-corrected chi connectivity index (χ0v) is 17.2. The van der Waals surface area contributed by atoms with Crippen LogP contribution in [0.5, 0.6) is 0 Å². The van der Waals surface area contributed by atoms with E-state index in [1.165, 1.54) is 6.07 Å². The first-order valence-electron chi connectivity index (χ1n) is 10.3. The molecule has 5 heteroatoms. The molecular formula is C24H29FN2O2. The van der Waals surface area contributed by atoms with Crippen molar-refractivity contribution in [3.63, 3.8) is 0 Å². The van der Waals surface area contributed by atoms with Crippen LogP contribution in [-0.4, -0.2) is 29.8 Å². The first-order chi connectivity index (χ1) is 13.9. The molecule has 4 nitrogen and oxygen atoms in total. The lowest BCUT2D eigenvalue weighted by Crippen LogP contribution is -2.43. The number of nitrogens with zero attached hydrogens (tertiary/aromatic N) is 1. The summed E-state index contributed by atoms with van der Waals surface area (Å²) in [6.07, 6.45) is 2.48. The van der Waals surface area contributed by atoms with Gasteiger partial charge in [-0.3, -0.25) is 9.59 Å². The smallest absolute Gasteiger partial charge is 0.225 e. The Balaban J connectivity index is 1.91. The monoisotopic (exact) mass is 396 g/mol. The number of likely N-dealkylation sites (tertiary alicyclic amines) is 1. The predicted octanol–water partition coefficient (Wildman–Crippen LogP) is 4.18. The van der Waals surface area contributed by atoms with Gasteiger partial charge in [0.2, 0.25) is 11.8 Å². The Kier molecular flexibility index (Phi) is 6.36. The van der Waals surface area contributed by atoms with Crippen molar-refractivity contribution in [2.24, 2.45) is 17.1 Å². The Morgan fingerprint density at radius 2 is 1.69 bits per heavy atom. The third kappa shape index (κ3) is 4.19. The molecule has 2 aromatic rings. The molecule has 3 rings (SSSR count). The fourth-order valence-electron chi connectivity index (χ4n) is 4.37. The number of rotatable bonds is 7. The van der Waals surface area contributed by atoms with Crippen LogP contribution in [0.4, 0.5) is 4.39 Å². The van der Waals surface area contributed by atoms with Crippen LogP contribution in [0.15, 0.2) is 48.5 Å². The molecule has 2 N–H and O–H groups in total. The van der Waals surface area contributed by atoms with Gasteiger partial charge in [-0.2, -0.15) is 0 Å². The third-order valence-electron chi connectivity index (χ3n) is 6.23. The number of hydrogen-bond donors (Lipinski definition) is 1. The molecule has 0 saturated carbocycles. The molecule has 0 spiro atoms. The highest BCUT2D eigenvalue weighted by atomic mass is 19.1. The topological polar surface area (TPSA) is 63.4 Å². The summed E-state index contributed by atoms with van der Waals surface area (Å²) in [7, 11) is 0. The molecule has 0 radical (unpaired) electrons. The van der Waals surface area contributed by atoms with E-state index in [-0.39, 0.29) is 17.6 Å². The average molecular weight is 397 g/mol. The van der Waals surface area contributed by atoms with E-state index >= 15 is 0 Å². The number of nitrogens with two attached hydrogens (primary N) is 1. The maximum Gasteiger partial charge on any atom is 0.225 e. The molecule has 1 fully saturated rings. The van der Waals surface area contributed by atoms with Crippen LogP contribution in [0.25, 0.3) is 11.1 Å². The van der Waals surface area contributed by atoms with Crippen LogP contribution < -0.4 is 5.73 Å². The van der Waals surface area contributed by atoms with Crippen LogP contribution in [0.3, 0.4) is 0 Å². The summed E-state index contributed by atoms with van der Waals surface area (Å²) in [6.45, 7) is 4.87. The molecule has 1 atom stereocenters. The van der Waals surface area contributed by atoms with Crippen molar-refractivity contribution in [3.05, 3.63) is 59.9 Å². The Bertz CT molecular complexity index is 894. The van der Waals surface area contributed by atoms with Crippen LogP contribution in [0, 0.1) is 17.2 Å². The second-order valence-corrected chi connectivity index (χ2v) is 7.98. The number of primary amides is 1. The molecule has 0 aromatic heterocycles. The fraction of sp³-hybridized carbons (Fsp3) is 0.417. The summed E-state index contributed by atoms with van der Waals surface area (Å²) >= 11 is 0. The first-order valence-corrected chi connectivity index (χ1v) is 10.3. The van der Waals surface area contributed by atoms with Gasteiger partial charge in [-0.25, -0.2) is 4.39 Å². The number of carbonyl (C=O) groups excluding carboxylic acids is 2. The SMILES string of the molecule is CCC(CC)C(=O)N1CC[C@](Cc2ccccc2-c2ccccc2F)(C(N)=O)C1. The number of benzene rings is 2. The minimum Gasteiger partial charge on any atom is -0.369 e. The average Bonchev–Trinajstić information content (AvgIpc) is 3.15. The Labute approximate surface area is 171 Å². The van der Waals surface area contributed by atoms with Gasteiger partial charge in [0, 0.05) is 24.6 Å². The fourth-order valence-corrected chi connectivity index (χ4v) is 4.37. The van der Waals surface area contributed by atoms with E-state index in [1.807, 2.05) is 38.1 Å². The van der Waals surface area contributed by atoms with Crippen molar-refractivity contribution in [1.82, 2.24) is 4.90 Å². The van der Waals surface area contributed by atoms with Gasteiger partial charge in [0.1, 0.15) is 5.82 Å². The summed E-state index contributed by atoms with van der Waals surface area (Å²) in [6, 6.07) is 14.2. The summed E-state index contributed by atoms with van der Waals surface area (Å²) in [5.41, 5.74) is 7.16. The van der Waals surface area contributed by atoms with E-state index in [0.717, 1.165) is 24.0 Å². The minimum atomic E-state index is -0.830. The standard InChI is InChI=1S/C24H29FN2O2/c1-3-17(4-2)22(28)27-14-13-24(16-27,23(26)29)15-18-9-5-6-10-19(18)20-11-7-8-12-21(20)25/h5-12,17H,3-4,13-16H2,1-2H3,(H2,26,29)/t24-/m1/s1. The molecule has 1 aliphatic heterocycles. The van der Waals surface area contributed by atoms with E-state index in [0.29, 0.717) is 31.5 Å². The molecular weight excluding hydrogens is 367 g/mol. The number of carbonyl (C=O) groups is 2. The molecule has 2 amide bonds. The van der Waals surface area contributed by atoms with Crippen molar-refractivity contribution >= 4 is 11.8 Å². The molecule has 2 aromatic carbocycles. The molecule has 1 heterocycles. The molecule has 1 saturated heterocycles. The van der Waals surface area contributed by atoms with E-state index in [9.17, 15) is 14.0 Å². The number of hydrogen-bond acceptors (Lipinski definition) is 2. The van der Waals surface area contributed by atoms with Crippen LogP contribution in [0.1, 0.15) is 38.7 Å². The van der Waals surface area contributed by atoms with Gasteiger partial charge in [-0.05, 0) is 42.9 Å². The zero-order valence-electron chi connectivity index (χ0n) is 17.2. The predicted molar refractivity (Wildman–Crippen MR) is 112 cm³/mol. The Morgan fingerprint density at radius 1 is 1.07 bits per heavy atom. The summed E-state index contributed by atoms with van der Waals surface area (Å²) in [4.78, 5) is 27.1. The highest BCUT2D eigenvalue weighted by molar-refractivity contribution is 5.85. The lowest BCUT2D eigenvalue weighted by atomic mass is 9.78. The largest absolute Gasteiger partial charge is 0.369 e. The van der Waals surface area contributed by atoms with Gasteiger partial charge in [0.05, 0.1) is 5.41 Å². The van der Waals surface area contributed by atoms with Gasteiger partial charge in [0.25, 0.3) is 0 Å². The maximum atomic E-state index is 14.4. The van der Waals surface area contributed by atoms with Crippen molar-refractivity contribution in [1.29, 1.82) is 0 Å². The highest BCUT2D eigenvalue weighted by Gasteiger charge is 2.45. The quantitative estimate of drug-likeness (QED) is 0.763. The van der Waals surface area contributed by atoms with Gasteiger partial charge in [-0.15, -0.1) is 0 Å². The van der Waals surface area contributed by atoms with Crippen molar-refractivity contribution in [2.45, 2.75) is 39.5 Å². The number of amides is 2. The summed E-state index contributed by atoms with van der Waals surface area (Å²) in [5, 5.41) is 0. The highest BCUT2D eigenvalue weighted by Crippen LogP contribution is 2.38. The molecule has 29 heavy (non-hydrogen) atoms. The molecule has 0 unspecified atom stereocenters. The second kappa shape index (κ2) is 8.76. The summed E-state index contributed by atoms with van der Waals surface area (Å²) in [5.74, 6) is -0.629. The molecule has 0 aliphatic carbocycles. The number of halogens is 1. The van der Waals surface area contributed by atoms with E-state index in [1.54, 1.807) is 23.1 Å². The van der Waals surface area contributed by atoms with Crippen LogP contribution in [-0.2, 0) is 16.0 Å². The molecule has 154 valence electrons. The maximum absolute atomic E-state index is 14.4. The van der Waals surface area contributed by atoms with Crippen molar-refractivity contribution in [2.75, 3.05) is 13.1 Å². The lowest BCUT2D eigenvalue weighted by molar-refractivity contribution is -0.135. The lowest BCUT2D eigenvalue weighted by Gasteiger charge is -2.28. The van der Waals surface area contributed by atoms with Crippen LogP contribution in [0.2, 0.25) is 0 Å². The Hall–Kier alpha value is -2.69. The normalized spacial score (nSPS) is 19.0. The summed E-state index contributed by atoms with van der Waals surface area (Å²) < 4.78 is 14.4. The Morgan fingerprint density at radius 3 is 2.31 bits per heavy atom. The van der Waals surface area contributed by atoms with Crippen molar-refractivity contribution in [3.8, 4) is 11.1 Å². The van der Waals surface area contributed by atoms with E-state index in [4.69, 9.17) is 5.73 Å². The van der Waals surface area contributed by atoms with Gasteiger partial charge in [-0.1, -0.05) is 56.3 Å².